The van der Waals surface area contributed by atoms with Gasteiger partial charge >= 0.3 is 0 Å². The van der Waals surface area contributed by atoms with Crippen molar-refractivity contribution in [3.8, 4) is 0 Å². The molecule has 22 heavy (non-hydrogen) atoms. The highest BCUT2D eigenvalue weighted by molar-refractivity contribution is 5.78. The summed E-state index contributed by atoms with van der Waals surface area (Å²) in [7, 11) is 3.58. The van der Waals surface area contributed by atoms with Crippen LogP contribution >= 0.6 is 0 Å². The maximum Gasteiger partial charge on any atom is 0.269 e. The molecular formula is C14H18N4O4. The first-order chi connectivity index (χ1) is 10.4. The van der Waals surface area contributed by atoms with Gasteiger partial charge in [-0.1, -0.05) is 12.1 Å². The monoisotopic (exact) mass is 306 g/mol. The van der Waals surface area contributed by atoms with E-state index in [1.165, 1.54) is 18.5 Å². The summed E-state index contributed by atoms with van der Waals surface area (Å²) in [5, 5.41) is 14.7. The summed E-state index contributed by atoms with van der Waals surface area (Å²) in [6.07, 6.45) is 1.65. The first kappa shape index (κ1) is 15.9. The first-order valence-corrected chi connectivity index (χ1v) is 6.74. The van der Waals surface area contributed by atoms with Crippen LogP contribution in [0.1, 0.15) is 12.0 Å². The lowest BCUT2D eigenvalue weighted by molar-refractivity contribution is -0.385. The van der Waals surface area contributed by atoms with E-state index in [-0.39, 0.29) is 18.0 Å². The van der Waals surface area contributed by atoms with Crippen molar-refractivity contribution in [3.63, 3.8) is 0 Å². The van der Waals surface area contributed by atoms with Crippen molar-refractivity contribution >= 4 is 17.9 Å². The van der Waals surface area contributed by atoms with Gasteiger partial charge in [-0.25, -0.2) is 5.43 Å². The molecule has 1 aliphatic rings. The normalized spacial score (nSPS) is 16.1. The molecule has 8 heteroatoms. The zero-order valence-corrected chi connectivity index (χ0v) is 12.5. The van der Waals surface area contributed by atoms with E-state index >= 15 is 0 Å². The highest BCUT2D eigenvalue weighted by Crippen LogP contribution is 2.37. The second kappa shape index (κ2) is 6.52. The highest BCUT2D eigenvalue weighted by atomic mass is 16.6. The Bertz CT molecular complexity index is 596. The van der Waals surface area contributed by atoms with E-state index in [4.69, 9.17) is 4.74 Å². The van der Waals surface area contributed by atoms with Gasteiger partial charge in [0.05, 0.1) is 23.6 Å². The van der Waals surface area contributed by atoms with Gasteiger partial charge in [0, 0.05) is 32.6 Å². The molecule has 1 aliphatic heterocycles. The van der Waals surface area contributed by atoms with E-state index in [0.29, 0.717) is 13.2 Å². The predicted molar refractivity (Wildman–Crippen MR) is 80.5 cm³/mol. The summed E-state index contributed by atoms with van der Waals surface area (Å²) in [4.78, 5) is 24.1. The SMILES string of the molecule is CN(C)/C=N/NC(=O)CC1(c2cccc([N+](=O)[O-])c2)COC1. The molecule has 0 unspecified atom stereocenters. The molecule has 1 aromatic rings. The minimum Gasteiger partial charge on any atom is -0.379 e. The van der Waals surface area contributed by atoms with Crippen molar-refractivity contribution in [2.45, 2.75) is 11.8 Å². The number of hydrogen-bond acceptors (Lipinski definition) is 5. The maximum absolute atomic E-state index is 12.0. The number of benzene rings is 1. The number of hydrogen-bond donors (Lipinski definition) is 1. The third kappa shape index (κ3) is 3.59. The summed E-state index contributed by atoms with van der Waals surface area (Å²) in [6.45, 7) is 0.720. The van der Waals surface area contributed by atoms with Crippen LogP contribution < -0.4 is 5.43 Å². The van der Waals surface area contributed by atoms with Gasteiger partial charge in [0.25, 0.3) is 5.69 Å². The molecular weight excluding hydrogens is 288 g/mol. The molecule has 0 aromatic heterocycles. The molecule has 1 fully saturated rings. The van der Waals surface area contributed by atoms with Crippen LogP contribution in [0.5, 0.6) is 0 Å². The molecule has 1 N–H and O–H groups in total. The Hall–Kier alpha value is -2.48. The molecule has 1 amide bonds. The Balaban J connectivity index is 2.11. The standard InChI is InChI=1S/C14H18N4O4/c1-17(2)10-15-16-13(19)7-14(8-22-9-14)11-4-3-5-12(6-11)18(20)21/h3-6,10H,7-9H2,1-2H3,(H,16,19)/b15-10+. The second-order valence-corrected chi connectivity index (χ2v) is 5.50. The van der Waals surface area contributed by atoms with Gasteiger partial charge in [-0.2, -0.15) is 5.10 Å². The molecule has 0 radical (unpaired) electrons. The first-order valence-electron chi connectivity index (χ1n) is 6.74. The number of nitro groups is 1. The van der Waals surface area contributed by atoms with Crippen LogP contribution in [0.15, 0.2) is 29.4 Å². The van der Waals surface area contributed by atoms with Gasteiger partial charge in [0.1, 0.15) is 6.34 Å². The Kier molecular flexibility index (Phi) is 4.71. The van der Waals surface area contributed by atoms with Crippen LogP contribution in [0.3, 0.4) is 0 Å². The zero-order valence-electron chi connectivity index (χ0n) is 12.5. The third-order valence-electron chi connectivity index (χ3n) is 3.40. The average Bonchev–Trinajstić information content (AvgIpc) is 2.42. The number of amides is 1. The molecule has 8 nitrogen and oxygen atoms in total. The summed E-state index contributed by atoms with van der Waals surface area (Å²) in [6, 6.07) is 6.33. The number of hydrazone groups is 1. The Morgan fingerprint density at radius 1 is 1.55 bits per heavy atom. The maximum atomic E-state index is 12.0. The molecule has 2 rings (SSSR count). The number of nitrogens with one attached hydrogen (secondary N) is 1. The van der Waals surface area contributed by atoms with E-state index in [9.17, 15) is 14.9 Å². The Labute approximate surface area is 127 Å². The Morgan fingerprint density at radius 3 is 2.82 bits per heavy atom. The van der Waals surface area contributed by atoms with E-state index in [0.717, 1.165) is 5.56 Å². The van der Waals surface area contributed by atoms with E-state index in [1.807, 2.05) is 0 Å². The van der Waals surface area contributed by atoms with Gasteiger partial charge in [0.2, 0.25) is 5.91 Å². The lowest BCUT2D eigenvalue weighted by atomic mass is 9.75. The smallest absolute Gasteiger partial charge is 0.269 e. The van der Waals surface area contributed by atoms with Crippen LogP contribution in [0.2, 0.25) is 0 Å². The summed E-state index contributed by atoms with van der Waals surface area (Å²) < 4.78 is 5.24. The Morgan fingerprint density at radius 2 is 2.27 bits per heavy atom. The molecule has 118 valence electrons. The number of ether oxygens (including phenoxy) is 1. The number of rotatable bonds is 6. The van der Waals surface area contributed by atoms with Gasteiger partial charge in [-0.05, 0) is 5.56 Å². The molecule has 1 heterocycles. The van der Waals surface area contributed by atoms with Crippen LogP contribution in [0.4, 0.5) is 5.69 Å². The fourth-order valence-electron chi connectivity index (χ4n) is 2.23. The minimum absolute atomic E-state index is 0.00908. The quantitative estimate of drug-likeness (QED) is 0.364. The largest absolute Gasteiger partial charge is 0.379 e. The predicted octanol–water partition coefficient (Wildman–Crippen LogP) is 0.874. The lowest BCUT2D eigenvalue weighted by Gasteiger charge is -2.41. The lowest BCUT2D eigenvalue weighted by Crippen LogP contribution is -2.49. The highest BCUT2D eigenvalue weighted by Gasteiger charge is 2.42. The van der Waals surface area contributed by atoms with Crippen LogP contribution in [0, 0.1) is 10.1 Å². The second-order valence-electron chi connectivity index (χ2n) is 5.50. The number of carbonyl (C=O) groups excluding carboxylic acids is 1. The van der Waals surface area contributed by atoms with Gasteiger partial charge in [-0.3, -0.25) is 14.9 Å². The third-order valence-corrected chi connectivity index (χ3v) is 3.40. The molecule has 0 aliphatic carbocycles. The molecule has 0 bridgehead atoms. The summed E-state index contributed by atoms with van der Waals surface area (Å²) in [5.74, 6) is -0.257. The topological polar surface area (TPSA) is 97.1 Å². The van der Waals surface area contributed by atoms with Gasteiger partial charge in [-0.15, -0.1) is 0 Å². The zero-order chi connectivity index (χ0) is 16.2. The summed E-state index contributed by atoms with van der Waals surface area (Å²) in [5.41, 5.74) is 2.67. The van der Waals surface area contributed by atoms with Gasteiger partial charge < -0.3 is 9.64 Å². The van der Waals surface area contributed by atoms with Crippen LogP contribution in [0.25, 0.3) is 0 Å². The number of nitro benzene ring substituents is 1. The van der Waals surface area contributed by atoms with Gasteiger partial charge in [0.15, 0.2) is 0 Å². The fourth-order valence-corrected chi connectivity index (χ4v) is 2.23. The number of nitrogens with zero attached hydrogens (tertiary/aromatic N) is 3. The molecule has 0 atom stereocenters. The van der Waals surface area contributed by atoms with Crippen LogP contribution in [-0.2, 0) is 14.9 Å². The molecule has 1 aromatic carbocycles. The van der Waals surface area contributed by atoms with Crippen molar-refractivity contribution < 1.29 is 14.5 Å². The molecule has 0 spiro atoms. The minimum atomic E-state index is -0.524. The van der Waals surface area contributed by atoms with Crippen LogP contribution in [-0.4, -0.2) is 49.4 Å². The van der Waals surface area contributed by atoms with Crippen molar-refractivity contribution in [1.29, 1.82) is 0 Å². The average molecular weight is 306 g/mol. The van der Waals surface area contributed by atoms with Crippen molar-refractivity contribution in [3.05, 3.63) is 39.9 Å². The van der Waals surface area contributed by atoms with Crippen molar-refractivity contribution in [1.82, 2.24) is 10.3 Å². The van der Waals surface area contributed by atoms with Crippen molar-refractivity contribution in [2.75, 3.05) is 27.3 Å². The molecule has 1 saturated heterocycles. The molecule has 0 saturated carbocycles. The fraction of sp³-hybridized carbons (Fsp3) is 0.429. The number of non-ortho nitro benzene ring substituents is 1. The van der Waals surface area contributed by atoms with Crippen molar-refractivity contribution in [2.24, 2.45) is 5.10 Å². The number of carbonyl (C=O) groups is 1. The van der Waals surface area contributed by atoms with E-state index in [1.54, 1.807) is 31.1 Å². The van der Waals surface area contributed by atoms with E-state index < -0.39 is 10.3 Å². The van der Waals surface area contributed by atoms with E-state index in [2.05, 4.69) is 10.5 Å². The summed E-state index contributed by atoms with van der Waals surface area (Å²) >= 11 is 0.